The summed E-state index contributed by atoms with van der Waals surface area (Å²) in [5, 5.41) is 2.89. The number of hydrogen-bond acceptors (Lipinski definition) is 3. The second kappa shape index (κ2) is 7.16. The molecular formula is C21H24N2O2S. The molecule has 1 saturated heterocycles. The number of carbonyl (C=O) groups is 2. The van der Waals surface area contributed by atoms with Crippen LogP contribution < -0.4 is 10.2 Å². The minimum Gasteiger partial charge on any atom is -0.326 e. The summed E-state index contributed by atoms with van der Waals surface area (Å²) in [7, 11) is 0. The van der Waals surface area contributed by atoms with Gasteiger partial charge < -0.3 is 5.32 Å². The highest BCUT2D eigenvalue weighted by Gasteiger charge is 2.34. The Kier molecular flexibility index (Phi) is 5.10. The number of carbonyl (C=O) groups excluding carboxylic acids is 2. The number of anilines is 2. The van der Waals surface area contributed by atoms with Crippen molar-refractivity contribution < 1.29 is 9.59 Å². The Balaban J connectivity index is 1.82. The third kappa shape index (κ3) is 3.93. The minimum absolute atomic E-state index is 0.0166. The molecule has 1 aliphatic rings. The molecule has 0 spiro atoms. The van der Waals surface area contributed by atoms with Crippen LogP contribution in [0.15, 0.2) is 48.5 Å². The molecule has 4 nitrogen and oxygen atoms in total. The lowest BCUT2D eigenvalue weighted by atomic mass is 9.95. The molecule has 0 aliphatic carbocycles. The van der Waals surface area contributed by atoms with Crippen LogP contribution in [0.2, 0.25) is 0 Å². The number of hydrogen-bond donors (Lipinski definition) is 1. The summed E-state index contributed by atoms with van der Waals surface area (Å²) in [5.74, 6) is 0.578. The molecule has 26 heavy (non-hydrogen) atoms. The number of aryl methyl sites for hydroxylation is 1. The highest BCUT2D eigenvalue weighted by atomic mass is 32.2. The normalized spacial score (nSPS) is 17.5. The number of amides is 2. The van der Waals surface area contributed by atoms with E-state index < -0.39 is 5.41 Å². The number of thioether (sulfide) groups is 1. The molecule has 136 valence electrons. The Morgan fingerprint density at radius 1 is 1.15 bits per heavy atom. The van der Waals surface area contributed by atoms with Crippen molar-refractivity contribution in [2.45, 2.75) is 33.1 Å². The van der Waals surface area contributed by atoms with Crippen LogP contribution in [-0.2, 0) is 9.59 Å². The fourth-order valence-corrected chi connectivity index (χ4v) is 3.95. The van der Waals surface area contributed by atoms with Crippen LogP contribution in [0.25, 0.3) is 0 Å². The number of nitrogens with zero attached hydrogens (tertiary/aromatic N) is 1. The lowest BCUT2D eigenvalue weighted by Crippen LogP contribution is -2.28. The molecule has 1 heterocycles. The summed E-state index contributed by atoms with van der Waals surface area (Å²) >= 11 is 1.63. The van der Waals surface area contributed by atoms with Gasteiger partial charge in [-0.25, -0.2) is 0 Å². The summed E-state index contributed by atoms with van der Waals surface area (Å²) in [6.07, 6.45) is 0. The fourth-order valence-electron chi connectivity index (χ4n) is 2.78. The van der Waals surface area contributed by atoms with Gasteiger partial charge in [-0.15, -0.1) is 11.8 Å². The van der Waals surface area contributed by atoms with E-state index in [2.05, 4.69) is 5.32 Å². The molecule has 0 radical (unpaired) electrons. The Morgan fingerprint density at radius 2 is 1.85 bits per heavy atom. The van der Waals surface area contributed by atoms with Crippen molar-refractivity contribution in [1.82, 2.24) is 0 Å². The zero-order chi connectivity index (χ0) is 18.9. The van der Waals surface area contributed by atoms with Crippen molar-refractivity contribution in [3.8, 4) is 0 Å². The molecule has 2 amide bonds. The third-order valence-electron chi connectivity index (χ3n) is 4.28. The maximum absolute atomic E-state index is 12.4. The van der Waals surface area contributed by atoms with E-state index in [-0.39, 0.29) is 17.2 Å². The van der Waals surface area contributed by atoms with Crippen LogP contribution in [-0.4, -0.2) is 17.6 Å². The SMILES string of the molecule is Cc1cccc(N2C(=O)CS[C@H]2c2ccc(NC(=O)C(C)(C)C)cc2)c1. The Labute approximate surface area is 159 Å². The summed E-state index contributed by atoms with van der Waals surface area (Å²) < 4.78 is 0. The minimum atomic E-state index is -0.436. The number of rotatable bonds is 3. The van der Waals surface area contributed by atoms with E-state index in [9.17, 15) is 9.59 Å². The average molecular weight is 369 g/mol. The van der Waals surface area contributed by atoms with Gasteiger partial charge in [-0.3, -0.25) is 14.5 Å². The molecule has 1 fully saturated rings. The molecule has 0 aromatic heterocycles. The second-order valence-corrected chi connectivity index (χ2v) is 8.66. The van der Waals surface area contributed by atoms with Gasteiger partial charge in [-0.05, 0) is 42.3 Å². The molecule has 1 atom stereocenters. The van der Waals surface area contributed by atoms with Crippen molar-refractivity contribution in [1.29, 1.82) is 0 Å². The molecule has 0 bridgehead atoms. The molecule has 5 heteroatoms. The van der Waals surface area contributed by atoms with E-state index in [4.69, 9.17) is 0 Å². The van der Waals surface area contributed by atoms with Crippen molar-refractivity contribution in [3.63, 3.8) is 0 Å². The first kappa shape index (κ1) is 18.5. The Morgan fingerprint density at radius 3 is 2.46 bits per heavy atom. The predicted molar refractivity (Wildman–Crippen MR) is 108 cm³/mol. The van der Waals surface area contributed by atoms with Crippen LogP contribution >= 0.6 is 11.8 Å². The maximum Gasteiger partial charge on any atom is 0.238 e. The molecule has 1 N–H and O–H groups in total. The van der Waals surface area contributed by atoms with Crippen LogP contribution in [0.4, 0.5) is 11.4 Å². The van der Waals surface area contributed by atoms with Crippen LogP contribution in [0.3, 0.4) is 0 Å². The predicted octanol–water partition coefficient (Wildman–Crippen LogP) is 4.76. The van der Waals surface area contributed by atoms with Gasteiger partial charge in [0.1, 0.15) is 5.37 Å². The average Bonchev–Trinajstić information content (AvgIpc) is 2.96. The van der Waals surface area contributed by atoms with Gasteiger partial charge in [0.2, 0.25) is 11.8 Å². The first-order valence-corrected chi connectivity index (χ1v) is 9.72. The Hall–Kier alpha value is -2.27. The molecule has 0 unspecified atom stereocenters. The van der Waals surface area contributed by atoms with Gasteiger partial charge in [-0.2, -0.15) is 0 Å². The molecule has 2 aromatic carbocycles. The molecular weight excluding hydrogens is 344 g/mol. The second-order valence-electron chi connectivity index (χ2n) is 7.59. The first-order chi connectivity index (χ1) is 12.3. The van der Waals surface area contributed by atoms with E-state index in [1.54, 1.807) is 11.8 Å². The lowest BCUT2D eigenvalue weighted by molar-refractivity contribution is -0.123. The van der Waals surface area contributed by atoms with Gasteiger partial charge in [0, 0.05) is 16.8 Å². The van der Waals surface area contributed by atoms with Crippen LogP contribution in [0.1, 0.15) is 37.3 Å². The van der Waals surface area contributed by atoms with Crippen molar-refractivity contribution in [3.05, 3.63) is 59.7 Å². The molecule has 1 aliphatic heterocycles. The van der Waals surface area contributed by atoms with E-state index >= 15 is 0 Å². The van der Waals surface area contributed by atoms with Gasteiger partial charge >= 0.3 is 0 Å². The highest BCUT2D eigenvalue weighted by molar-refractivity contribution is 8.00. The summed E-state index contributed by atoms with van der Waals surface area (Å²) in [6, 6.07) is 15.8. The van der Waals surface area contributed by atoms with Crippen molar-refractivity contribution in [2.24, 2.45) is 5.41 Å². The molecule has 2 aromatic rings. The third-order valence-corrected chi connectivity index (χ3v) is 5.49. The van der Waals surface area contributed by atoms with E-state index in [0.29, 0.717) is 5.75 Å². The number of benzene rings is 2. The summed E-state index contributed by atoms with van der Waals surface area (Å²) in [4.78, 5) is 26.4. The van der Waals surface area contributed by atoms with Gasteiger partial charge in [0.25, 0.3) is 0 Å². The van der Waals surface area contributed by atoms with Gasteiger partial charge in [0.15, 0.2) is 0 Å². The largest absolute Gasteiger partial charge is 0.326 e. The summed E-state index contributed by atoms with van der Waals surface area (Å²) in [5.41, 5.74) is 3.44. The smallest absolute Gasteiger partial charge is 0.238 e. The fraction of sp³-hybridized carbons (Fsp3) is 0.333. The molecule has 0 saturated carbocycles. The van der Waals surface area contributed by atoms with E-state index in [1.165, 1.54) is 0 Å². The van der Waals surface area contributed by atoms with E-state index in [1.807, 2.05) is 81.1 Å². The quantitative estimate of drug-likeness (QED) is 0.850. The van der Waals surface area contributed by atoms with Gasteiger partial charge in [-0.1, -0.05) is 45.0 Å². The van der Waals surface area contributed by atoms with Crippen LogP contribution in [0, 0.1) is 12.3 Å². The topological polar surface area (TPSA) is 49.4 Å². The number of nitrogens with one attached hydrogen (secondary N) is 1. The zero-order valence-corrected chi connectivity index (χ0v) is 16.4. The van der Waals surface area contributed by atoms with Crippen molar-refractivity contribution >= 4 is 35.0 Å². The maximum atomic E-state index is 12.4. The Bertz CT molecular complexity index is 825. The lowest BCUT2D eigenvalue weighted by Gasteiger charge is -2.25. The van der Waals surface area contributed by atoms with Gasteiger partial charge in [0.05, 0.1) is 5.75 Å². The molecule has 3 rings (SSSR count). The monoisotopic (exact) mass is 368 g/mol. The summed E-state index contributed by atoms with van der Waals surface area (Å²) in [6.45, 7) is 7.69. The zero-order valence-electron chi connectivity index (χ0n) is 15.6. The van der Waals surface area contributed by atoms with Crippen LogP contribution in [0.5, 0.6) is 0 Å². The van der Waals surface area contributed by atoms with E-state index in [0.717, 1.165) is 22.5 Å². The standard InChI is InChI=1S/C21H24N2O2S/c1-14-6-5-7-17(12-14)23-18(24)13-26-19(23)15-8-10-16(11-9-15)22-20(25)21(2,3)4/h5-12,19H,13H2,1-4H3,(H,22,25)/t19-/m0/s1. The first-order valence-electron chi connectivity index (χ1n) is 8.67. The highest BCUT2D eigenvalue weighted by Crippen LogP contribution is 2.42. The van der Waals surface area contributed by atoms with Crippen molar-refractivity contribution in [2.75, 3.05) is 16.0 Å².